The largest absolute Gasteiger partial charge is 0.381 e. The zero-order chi connectivity index (χ0) is 14.1. The van der Waals surface area contributed by atoms with Gasteiger partial charge < -0.3 is 15.4 Å². The van der Waals surface area contributed by atoms with E-state index >= 15 is 0 Å². The molecule has 2 atom stereocenters. The summed E-state index contributed by atoms with van der Waals surface area (Å²) in [4.78, 5) is 11.5. The number of rotatable bonds is 4. The van der Waals surface area contributed by atoms with Crippen LogP contribution in [0.1, 0.15) is 30.5 Å². The highest BCUT2D eigenvalue weighted by molar-refractivity contribution is 6.32. The van der Waals surface area contributed by atoms with Crippen LogP contribution in [0.3, 0.4) is 0 Å². The van der Waals surface area contributed by atoms with E-state index in [4.69, 9.17) is 16.3 Å². The molecule has 0 bridgehead atoms. The molecule has 0 spiro atoms. The number of carbonyl (C=O) groups is 1. The molecule has 2 aliphatic heterocycles. The van der Waals surface area contributed by atoms with Crippen LogP contribution >= 0.6 is 11.6 Å². The van der Waals surface area contributed by atoms with Crippen LogP contribution in [0.5, 0.6) is 0 Å². The number of nitrogens with one attached hydrogen (secondary N) is 2. The average Bonchev–Trinajstić information content (AvgIpc) is 3.03. The minimum Gasteiger partial charge on any atom is -0.381 e. The Morgan fingerprint density at radius 3 is 3.10 bits per heavy atom. The van der Waals surface area contributed by atoms with Gasteiger partial charge in [0.25, 0.3) is 0 Å². The molecule has 2 unspecified atom stereocenters. The van der Waals surface area contributed by atoms with Crippen LogP contribution in [-0.2, 0) is 16.0 Å². The Balaban J connectivity index is 1.94. The van der Waals surface area contributed by atoms with E-state index in [1.807, 2.05) is 6.07 Å². The summed E-state index contributed by atoms with van der Waals surface area (Å²) in [5.41, 5.74) is 2.97. The number of fused-ring (bicyclic) bond motifs is 1. The van der Waals surface area contributed by atoms with Crippen LogP contribution in [0.25, 0.3) is 0 Å². The third-order valence-electron chi connectivity index (χ3n) is 4.04. The quantitative estimate of drug-likeness (QED) is 0.897. The fourth-order valence-corrected chi connectivity index (χ4v) is 3.35. The van der Waals surface area contributed by atoms with Gasteiger partial charge in [0.05, 0.1) is 13.0 Å². The van der Waals surface area contributed by atoms with Gasteiger partial charge in [-0.1, -0.05) is 24.6 Å². The maximum atomic E-state index is 11.5. The highest BCUT2D eigenvalue weighted by atomic mass is 35.5. The molecule has 5 heteroatoms. The first kappa shape index (κ1) is 13.9. The Kier molecular flexibility index (Phi) is 3.96. The predicted molar refractivity (Wildman–Crippen MR) is 79.1 cm³/mol. The molecule has 1 amide bonds. The van der Waals surface area contributed by atoms with Crippen LogP contribution in [0.15, 0.2) is 12.1 Å². The summed E-state index contributed by atoms with van der Waals surface area (Å²) in [6.45, 7) is 4.55. The maximum absolute atomic E-state index is 11.5. The second-order valence-corrected chi connectivity index (χ2v) is 5.82. The lowest BCUT2D eigenvalue weighted by Gasteiger charge is -2.25. The molecule has 1 saturated heterocycles. The van der Waals surface area contributed by atoms with E-state index in [-0.39, 0.29) is 11.9 Å². The summed E-state index contributed by atoms with van der Waals surface area (Å²) in [7, 11) is 0. The van der Waals surface area contributed by atoms with Crippen LogP contribution in [0, 0.1) is 5.92 Å². The maximum Gasteiger partial charge on any atom is 0.228 e. The Morgan fingerprint density at radius 2 is 2.40 bits per heavy atom. The smallest absolute Gasteiger partial charge is 0.228 e. The summed E-state index contributed by atoms with van der Waals surface area (Å²) in [5, 5.41) is 7.06. The molecule has 4 nitrogen and oxygen atoms in total. The van der Waals surface area contributed by atoms with E-state index < -0.39 is 0 Å². The van der Waals surface area contributed by atoms with E-state index in [0.29, 0.717) is 17.4 Å². The summed E-state index contributed by atoms with van der Waals surface area (Å²) in [6, 6.07) is 4.13. The average molecular weight is 295 g/mol. The van der Waals surface area contributed by atoms with Gasteiger partial charge in [0.1, 0.15) is 0 Å². The molecular formula is C15H19ClN2O2. The fourth-order valence-electron chi connectivity index (χ4n) is 3.07. The molecule has 108 valence electrons. The van der Waals surface area contributed by atoms with Crippen molar-refractivity contribution < 1.29 is 9.53 Å². The summed E-state index contributed by atoms with van der Waals surface area (Å²) >= 11 is 6.43. The first-order valence-electron chi connectivity index (χ1n) is 7.12. The first-order valence-corrected chi connectivity index (χ1v) is 7.50. The summed E-state index contributed by atoms with van der Waals surface area (Å²) < 4.78 is 5.51. The molecular weight excluding hydrogens is 276 g/mol. The van der Waals surface area contributed by atoms with Gasteiger partial charge >= 0.3 is 0 Å². The van der Waals surface area contributed by atoms with Crippen LogP contribution in [0.2, 0.25) is 5.02 Å². The normalized spacial score (nSPS) is 22.7. The lowest BCUT2D eigenvalue weighted by Crippen LogP contribution is -2.29. The number of benzene rings is 1. The Bertz CT molecular complexity index is 527. The van der Waals surface area contributed by atoms with Gasteiger partial charge in [-0.2, -0.15) is 0 Å². The minimum absolute atomic E-state index is 0.0393. The van der Waals surface area contributed by atoms with Crippen LogP contribution in [-0.4, -0.2) is 25.7 Å². The molecule has 1 aromatic carbocycles. The van der Waals surface area contributed by atoms with Crippen molar-refractivity contribution in [1.82, 2.24) is 5.32 Å². The fraction of sp³-hybridized carbons (Fsp3) is 0.533. The number of anilines is 1. The molecule has 20 heavy (non-hydrogen) atoms. The van der Waals surface area contributed by atoms with Gasteiger partial charge in [0.2, 0.25) is 5.91 Å². The predicted octanol–water partition coefficient (Wildman–Crippen LogP) is 2.52. The topological polar surface area (TPSA) is 50.4 Å². The van der Waals surface area contributed by atoms with Gasteiger partial charge in [-0.05, 0) is 30.2 Å². The van der Waals surface area contributed by atoms with Crippen molar-refractivity contribution in [3.63, 3.8) is 0 Å². The molecule has 2 aliphatic rings. The van der Waals surface area contributed by atoms with Crippen molar-refractivity contribution in [3.05, 3.63) is 28.3 Å². The van der Waals surface area contributed by atoms with Crippen LogP contribution in [0.4, 0.5) is 5.69 Å². The number of ether oxygens (including phenoxy) is 1. The number of hydrogen-bond acceptors (Lipinski definition) is 3. The molecule has 0 saturated carbocycles. The lowest BCUT2D eigenvalue weighted by molar-refractivity contribution is -0.115. The molecule has 1 fully saturated rings. The third-order valence-corrected chi connectivity index (χ3v) is 4.37. The number of hydrogen-bond donors (Lipinski definition) is 2. The van der Waals surface area contributed by atoms with Gasteiger partial charge in [-0.25, -0.2) is 0 Å². The zero-order valence-electron chi connectivity index (χ0n) is 11.5. The molecule has 2 N–H and O–H groups in total. The summed E-state index contributed by atoms with van der Waals surface area (Å²) in [5.74, 6) is 0.480. The van der Waals surface area contributed by atoms with Gasteiger partial charge in [-0.3, -0.25) is 4.79 Å². The lowest BCUT2D eigenvalue weighted by atomic mass is 9.91. The zero-order valence-corrected chi connectivity index (χ0v) is 12.3. The minimum atomic E-state index is 0.0393. The van der Waals surface area contributed by atoms with Gasteiger partial charge in [-0.15, -0.1) is 0 Å². The highest BCUT2D eigenvalue weighted by Gasteiger charge is 2.29. The van der Waals surface area contributed by atoms with Crippen molar-refractivity contribution in [2.24, 2.45) is 5.92 Å². The van der Waals surface area contributed by atoms with Crippen molar-refractivity contribution in [3.8, 4) is 0 Å². The monoisotopic (exact) mass is 294 g/mol. The second kappa shape index (κ2) is 5.72. The molecule has 0 aromatic heterocycles. The number of carbonyl (C=O) groups excluding carboxylic acids is 1. The Morgan fingerprint density at radius 1 is 1.55 bits per heavy atom. The Hall–Kier alpha value is -1.10. The van der Waals surface area contributed by atoms with Crippen molar-refractivity contribution in [1.29, 1.82) is 0 Å². The Labute approximate surface area is 123 Å². The van der Waals surface area contributed by atoms with Crippen molar-refractivity contribution in [2.75, 3.05) is 25.1 Å². The molecule has 1 aromatic rings. The van der Waals surface area contributed by atoms with E-state index in [0.717, 1.165) is 43.0 Å². The molecule has 0 radical (unpaired) electrons. The highest BCUT2D eigenvalue weighted by Crippen LogP contribution is 2.37. The van der Waals surface area contributed by atoms with Crippen LogP contribution < -0.4 is 10.6 Å². The van der Waals surface area contributed by atoms with Crippen molar-refractivity contribution in [2.45, 2.75) is 25.8 Å². The third kappa shape index (κ3) is 2.55. The number of amides is 1. The second-order valence-electron chi connectivity index (χ2n) is 5.41. The molecule has 0 aliphatic carbocycles. The van der Waals surface area contributed by atoms with Gasteiger partial charge in [0.15, 0.2) is 0 Å². The SMILES string of the molecule is CCNC(c1cc2c(cc1Cl)NC(=O)C2)C1CCOC1. The summed E-state index contributed by atoms with van der Waals surface area (Å²) in [6.07, 6.45) is 1.49. The molecule has 2 heterocycles. The molecule has 3 rings (SSSR count). The van der Waals surface area contributed by atoms with E-state index in [1.54, 1.807) is 0 Å². The van der Waals surface area contributed by atoms with E-state index in [1.165, 1.54) is 0 Å². The van der Waals surface area contributed by atoms with E-state index in [2.05, 4.69) is 23.6 Å². The standard InChI is InChI=1S/C15H19ClN2O2/c1-2-17-15(9-3-4-20-8-9)11-5-10-6-14(19)18-13(10)7-12(11)16/h5,7,9,15,17H,2-4,6,8H2,1H3,(H,18,19). The van der Waals surface area contributed by atoms with E-state index in [9.17, 15) is 4.79 Å². The van der Waals surface area contributed by atoms with Gasteiger partial charge in [0, 0.05) is 29.3 Å². The number of halogens is 1. The van der Waals surface area contributed by atoms with Crippen molar-refractivity contribution >= 4 is 23.2 Å². The first-order chi connectivity index (χ1) is 9.69.